The molecule has 0 amide bonds. The van der Waals surface area contributed by atoms with E-state index in [1.54, 1.807) is 6.07 Å². The van der Waals surface area contributed by atoms with Crippen LogP contribution in [0.4, 0.5) is 5.82 Å². The van der Waals surface area contributed by atoms with Gasteiger partial charge in [0.15, 0.2) is 0 Å². The summed E-state index contributed by atoms with van der Waals surface area (Å²) in [5, 5.41) is 4.40. The quantitative estimate of drug-likeness (QED) is 0.748. The Morgan fingerprint density at radius 2 is 1.88 bits per heavy atom. The molecule has 0 aliphatic rings. The van der Waals surface area contributed by atoms with Crippen molar-refractivity contribution >= 4 is 40.6 Å². The van der Waals surface area contributed by atoms with Gasteiger partial charge in [-0.1, -0.05) is 55.1 Å². The van der Waals surface area contributed by atoms with Gasteiger partial charge < -0.3 is 5.32 Å². The van der Waals surface area contributed by atoms with Crippen molar-refractivity contribution in [3.05, 3.63) is 21.3 Å². The fourth-order valence-electron chi connectivity index (χ4n) is 1.61. The minimum atomic E-state index is 0.273. The molecule has 0 bridgehead atoms. The zero-order chi connectivity index (χ0) is 13.0. The van der Waals surface area contributed by atoms with Gasteiger partial charge >= 0.3 is 0 Å². The highest BCUT2D eigenvalue weighted by Gasteiger charge is 2.12. The number of nitrogens with one attached hydrogen (secondary N) is 1. The summed E-state index contributed by atoms with van der Waals surface area (Å²) in [7, 11) is 0. The highest BCUT2D eigenvalue weighted by molar-refractivity contribution is 6.42. The molecule has 0 aromatic carbocycles. The highest BCUT2D eigenvalue weighted by Crippen LogP contribution is 2.29. The maximum Gasteiger partial charge on any atom is 0.150 e. The molecule has 0 saturated heterocycles. The summed E-state index contributed by atoms with van der Waals surface area (Å²) in [5.41, 5.74) is 0. The van der Waals surface area contributed by atoms with E-state index in [1.807, 2.05) is 0 Å². The van der Waals surface area contributed by atoms with E-state index in [-0.39, 0.29) is 5.15 Å². The molecule has 0 saturated carbocycles. The Morgan fingerprint density at radius 1 is 1.24 bits per heavy atom. The Morgan fingerprint density at radius 3 is 2.47 bits per heavy atom. The number of hydrogen-bond donors (Lipinski definition) is 1. The second kappa shape index (κ2) is 6.67. The molecule has 96 valence electrons. The van der Waals surface area contributed by atoms with Crippen LogP contribution in [0, 0.1) is 5.92 Å². The van der Waals surface area contributed by atoms with Gasteiger partial charge in [-0.05, 0) is 25.3 Å². The van der Waals surface area contributed by atoms with E-state index in [2.05, 4.69) is 31.1 Å². The van der Waals surface area contributed by atoms with Crippen molar-refractivity contribution in [2.45, 2.75) is 39.7 Å². The molecule has 5 heteroatoms. The van der Waals surface area contributed by atoms with Gasteiger partial charge in [-0.3, -0.25) is 0 Å². The van der Waals surface area contributed by atoms with Crippen molar-refractivity contribution in [2.75, 3.05) is 5.32 Å². The first kappa shape index (κ1) is 14.9. The number of anilines is 1. The number of halogens is 3. The average molecular weight is 296 g/mol. The van der Waals surface area contributed by atoms with Gasteiger partial charge in [0.2, 0.25) is 0 Å². The van der Waals surface area contributed by atoms with Crippen LogP contribution < -0.4 is 5.32 Å². The number of aromatic nitrogens is 1. The predicted octanol–water partition coefficient (Wildman–Crippen LogP) is 5.28. The fraction of sp³-hybridized carbons (Fsp3) is 0.583. The molecule has 2 nitrogen and oxygen atoms in total. The van der Waals surface area contributed by atoms with Gasteiger partial charge in [-0.2, -0.15) is 0 Å². The standard InChI is InChI=1S/C12H17Cl3N2/c1-4-7(2)5-8(3)16-12-10(14)6-9(13)11(15)17-12/h6-8H,4-5H2,1-3H3,(H,16,17). The average Bonchev–Trinajstić information content (AvgIpc) is 2.25. The monoisotopic (exact) mass is 294 g/mol. The Bertz CT molecular complexity index is 382. The van der Waals surface area contributed by atoms with E-state index in [0.717, 1.165) is 12.8 Å². The van der Waals surface area contributed by atoms with E-state index in [9.17, 15) is 0 Å². The van der Waals surface area contributed by atoms with Crippen LogP contribution in [0.5, 0.6) is 0 Å². The van der Waals surface area contributed by atoms with Gasteiger partial charge in [0, 0.05) is 6.04 Å². The highest BCUT2D eigenvalue weighted by atomic mass is 35.5. The zero-order valence-electron chi connectivity index (χ0n) is 10.2. The smallest absolute Gasteiger partial charge is 0.150 e. The predicted molar refractivity (Wildman–Crippen MR) is 76.4 cm³/mol. The molecular weight excluding hydrogens is 279 g/mol. The minimum absolute atomic E-state index is 0.273. The third-order valence-corrected chi connectivity index (χ3v) is 3.68. The lowest BCUT2D eigenvalue weighted by atomic mass is 10.0. The molecule has 1 aromatic rings. The summed E-state index contributed by atoms with van der Waals surface area (Å²) in [6, 6.07) is 1.91. The van der Waals surface area contributed by atoms with Crippen molar-refractivity contribution < 1.29 is 0 Å². The Balaban J connectivity index is 2.71. The van der Waals surface area contributed by atoms with Crippen LogP contribution in [-0.4, -0.2) is 11.0 Å². The van der Waals surface area contributed by atoms with E-state index >= 15 is 0 Å². The molecule has 0 spiro atoms. The lowest BCUT2D eigenvalue weighted by Gasteiger charge is -2.19. The van der Waals surface area contributed by atoms with E-state index in [4.69, 9.17) is 34.8 Å². The van der Waals surface area contributed by atoms with E-state index < -0.39 is 0 Å². The fourth-order valence-corrected chi connectivity index (χ4v) is 2.16. The third-order valence-electron chi connectivity index (χ3n) is 2.72. The molecule has 0 aliphatic heterocycles. The Hall–Kier alpha value is -0.180. The van der Waals surface area contributed by atoms with Crippen molar-refractivity contribution in [1.29, 1.82) is 0 Å². The Labute approximate surface area is 118 Å². The third kappa shape index (κ3) is 4.53. The van der Waals surface area contributed by atoms with E-state index in [1.165, 1.54) is 0 Å². The molecule has 1 N–H and O–H groups in total. The number of hydrogen-bond acceptors (Lipinski definition) is 2. The molecule has 1 rings (SSSR count). The van der Waals surface area contributed by atoms with E-state index in [0.29, 0.717) is 27.8 Å². The Kier molecular flexibility index (Phi) is 5.84. The molecular formula is C12H17Cl3N2. The maximum absolute atomic E-state index is 6.05. The van der Waals surface area contributed by atoms with Crippen molar-refractivity contribution in [1.82, 2.24) is 4.98 Å². The van der Waals surface area contributed by atoms with Crippen LogP contribution in [0.3, 0.4) is 0 Å². The first-order valence-electron chi connectivity index (χ1n) is 5.72. The normalized spacial score (nSPS) is 14.5. The largest absolute Gasteiger partial charge is 0.366 e. The number of nitrogens with zero attached hydrogens (tertiary/aromatic N) is 1. The van der Waals surface area contributed by atoms with Crippen LogP contribution in [0.1, 0.15) is 33.6 Å². The number of pyridine rings is 1. The van der Waals surface area contributed by atoms with Crippen LogP contribution in [-0.2, 0) is 0 Å². The topological polar surface area (TPSA) is 24.9 Å². The molecule has 17 heavy (non-hydrogen) atoms. The zero-order valence-corrected chi connectivity index (χ0v) is 12.5. The molecule has 0 aliphatic carbocycles. The summed E-state index contributed by atoms with van der Waals surface area (Å²) < 4.78 is 0. The molecule has 1 aromatic heterocycles. The SMILES string of the molecule is CCC(C)CC(C)Nc1nc(Cl)c(Cl)cc1Cl. The second-order valence-electron chi connectivity index (χ2n) is 4.39. The van der Waals surface area contributed by atoms with Crippen LogP contribution in [0.25, 0.3) is 0 Å². The number of rotatable bonds is 5. The van der Waals surface area contributed by atoms with Gasteiger partial charge in [-0.25, -0.2) is 4.98 Å². The van der Waals surface area contributed by atoms with Crippen molar-refractivity contribution in [3.63, 3.8) is 0 Å². The first-order chi connectivity index (χ1) is 7.93. The van der Waals surface area contributed by atoms with Crippen LogP contribution in [0.2, 0.25) is 15.2 Å². The van der Waals surface area contributed by atoms with Gasteiger partial charge in [-0.15, -0.1) is 0 Å². The van der Waals surface area contributed by atoms with Gasteiger partial charge in [0.05, 0.1) is 10.0 Å². The van der Waals surface area contributed by atoms with Crippen molar-refractivity contribution in [2.24, 2.45) is 5.92 Å². The van der Waals surface area contributed by atoms with Crippen molar-refractivity contribution in [3.8, 4) is 0 Å². The molecule has 0 fully saturated rings. The summed E-state index contributed by atoms with van der Waals surface area (Å²) in [6.07, 6.45) is 2.23. The summed E-state index contributed by atoms with van der Waals surface area (Å²) in [5.74, 6) is 1.26. The lowest BCUT2D eigenvalue weighted by molar-refractivity contribution is 0.483. The van der Waals surface area contributed by atoms with Crippen LogP contribution >= 0.6 is 34.8 Å². The van der Waals surface area contributed by atoms with Crippen LogP contribution in [0.15, 0.2) is 6.07 Å². The van der Waals surface area contributed by atoms with Gasteiger partial charge in [0.1, 0.15) is 11.0 Å². The second-order valence-corrected chi connectivity index (χ2v) is 5.56. The summed E-state index contributed by atoms with van der Waals surface area (Å²) in [6.45, 7) is 6.51. The first-order valence-corrected chi connectivity index (χ1v) is 6.85. The molecule has 2 unspecified atom stereocenters. The maximum atomic E-state index is 6.05. The van der Waals surface area contributed by atoms with Gasteiger partial charge in [0.25, 0.3) is 0 Å². The minimum Gasteiger partial charge on any atom is -0.366 e. The molecule has 1 heterocycles. The lowest BCUT2D eigenvalue weighted by Crippen LogP contribution is -2.19. The summed E-state index contributed by atoms with van der Waals surface area (Å²) >= 11 is 17.7. The molecule has 0 radical (unpaired) electrons. The summed E-state index contributed by atoms with van der Waals surface area (Å²) in [4.78, 5) is 4.14. The molecule has 2 atom stereocenters.